The molecule has 0 radical (unpaired) electrons. The Labute approximate surface area is 113 Å². The molecule has 1 aromatic carbocycles. The minimum atomic E-state index is -0.683. The van der Waals surface area contributed by atoms with Crippen molar-refractivity contribution in [3.63, 3.8) is 0 Å². The van der Waals surface area contributed by atoms with Crippen molar-refractivity contribution in [3.8, 4) is 5.75 Å². The lowest BCUT2D eigenvalue weighted by Crippen LogP contribution is -2.32. The van der Waals surface area contributed by atoms with Crippen LogP contribution in [-0.2, 0) is 10.2 Å². The summed E-state index contributed by atoms with van der Waals surface area (Å²) in [4.78, 5) is 11.6. The second kappa shape index (κ2) is 4.87. The molecular formula is C16H20O3. The number of hydrogen-bond donors (Lipinski definition) is 1. The fraction of sp³-hybridized carbons (Fsp3) is 0.562. The van der Waals surface area contributed by atoms with Crippen LogP contribution in [0.3, 0.4) is 0 Å². The summed E-state index contributed by atoms with van der Waals surface area (Å²) in [7, 11) is 0. The van der Waals surface area contributed by atoms with Crippen LogP contribution < -0.4 is 4.74 Å². The number of ether oxygens (including phenoxy) is 1. The van der Waals surface area contributed by atoms with Crippen molar-refractivity contribution in [2.24, 2.45) is 0 Å². The second-order valence-electron chi connectivity index (χ2n) is 5.79. The number of benzene rings is 1. The Hall–Kier alpha value is -1.51. The summed E-state index contributed by atoms with van der Waals surface area (Å²) in [6, 6.07) is 7.73. The highest BCUT2D eigenvalue weighted by Crippen LogP contribution is 2.41. The summed E-state index contributed by atoms with van der Waals surface area (Å²) < 4.78 is 5.81. The lowest BCUT2D eigenvalue weighted by Gasteiger charge is -2.27. The highest BCUT2D eigenvalue weighted by Gasteiger charge is 2.42. The minimum absolute atomic E-state index is 0.366. The molecule has 0 aromatic heterocycles. The summed E-state index contributed by atoms with van der Waals surface area (Å²) in [6.45, 7) is 0. The Morgan fingerprint density at radius 2 is 1.74 bits per heavy atom. The van der Waals surface area contributed by atoms with Crippen LogP contribution >= 0.6 is 0 Å². The van der Waals surface area contributed by atoms with E-state index in [9.17, 15) is 9.90 Å². The van der Waals surface area contributed by atoms with E-state index in [4.69, 9.17) is 4.74 Å². The molecule has 1 N–H and O–H groups in total. The quantitative estimate of drug-likeness (QED) is 0.901. The van der Waals surface area contributed by atoms with Gasteiger partial charge >= 0.3 is 5.97 Å². The predicted octanol–water partition coefficient (Wildman–Crippen LogP) is 3.51. The molecule has 3 heteroatoms. The van der Waals surface area contributed by atoms with Crippen LogP contribution in [0.2, 0.25) is 0 Å². The van der Waals surface area contributed by atoms with E-state index in [2.05, 4.69) is 0 Å². The van der Waals surface area contributed by atoms with Gasteiger partial charge in [0.1, 0.15) is 5.75 Å². The van der Waals surface area contributed by atoms with E-state index >= 15 is 0 Å². The zero-order valence-corrected chi connectivity index (χ0v) is 11.1. The third-order valence-electron chi connectivity index (χ3n) is 4.63. The topological polar surface area (TPSA) is 46.5 Å². The molecular weight excluding hydrogens is 240 g/mol. The first-order chi connectivity index (χ1) is 9.21. The van der Waals surface area contributed by atoms with Gasteiger partial charge in [0.05, 0.1) is 11.5 Å². The zero-order chi connectivity index (χ0) is 13.3. The molecule has 2 aliphatic carbocycles. The van der Waals surface area contributed by atoms with E-state index in [1.165, 1.54) is 6.42 Å². The molecule has 0 saturated heterocycles. The molecule has 2 fully saturated rings. The summed E-state index contributed by atoms with van der Waals surface area (Å²) in [5.74, 6) is 0.185. The predicted molar refractivity (Wildman–Crippen MR) is 72.5 cm³/mol. The molecule has 0 spiro atoms. The van der Waals surface area contributed by atoms with Crippen LogP contribution in [-0.4, -0.2) is 17.2 Å². The van der Waals surface area contributed by atoms with E-state index in [1.807, 2.05) is 24.3 Å². The number of carboxylic acid groups (broad SMARTS) is 1. The molecule has 2 saturated carbocycles. The largest absolute Gasteiger partial charge is 0.490 e. The molecule has 0 amide bonds. The summed E-state index contributed by atoms with van der Waals surface area (Å²) in [5, 5.41) is 9.55. The third kappa shape index (κ3) is 2.22. The smallest absolute Gasteiger partial charge is 0.314 e. The molecule has 0 aliphatic heterocycles. The second-order valence-corrected chi connectivity index (χ2v) is 5.79. The monoisotopic (exact) mass is 260 g/mol. The van der Waals surface area contributed by atoms with Gasteiger partial charge in [0.15, 0.2) is 0 Å². The van der Waals surface area contributed by atoms with Crippen LogP contribution in [0.4, 0.5) is 0 Å². The van der Waals surface area contributed by atoms with E-state index < -0.39 is 11.4 Å². The van der Waals surface area contributed by atoms with E-state index in [0.29, 0.717) is 6.10 Å². The maximum Gasteiger partial charge on any atom is 0.314 e. The van der Waals surface area contributed by atoms with Crippen molar-refractivity contribution < 1.29 is 14.6 Å². The Morgan fingerprint density at radius 1 is 1.11 bits per heavy atom. The number of carboxylic acids is 1. The van der Waals surface area contributed by atoms with Gasteiger partial charge in [0.25, 0.3) is 0 Å². The molecule has 0 atom stereocenters. The van der Waals surface area contributed by atoms with Gasteiger partial charge in [-0.1, -0.05) is 25.0 Å². The van der Waals surface area contributed by atoms with Gasteiger partial charge in [0, 0.05) is 0 Å². The maximum absolute atomic E-state index is 11.6. The molecule has 0 heterocycles. The normalized spacial score (nSPS) is 21.9. The Kier molecular flexibility index (Phi) is 3.21. The van der Waals surface area contributed by atoms with Crippen LogP contribution in [0.25, 0.3) is 0 Å². The summed E-state index contributed by atoms with van der Waals surface area (Å²) >= 11 is 0. The van der Waals surface area contributed by atoms with E-state index in [1.54, 1.807) is 0 Å². The molecule has 3 rings (SSSR count). The molecule has 0 bridgehead atoms. The molecule has 3 nitrogen and oxygen atoms in total. The van der Waals surface area contributed by atoms with Crippen molar-refractivity contribution in [1.82, 2.24) is 0 Å². The first-order valence-electron chi connectivity index (χ1n) is 7.21. The average molecular weight is 260 g/mol. The van der Waals surface area contributed by atoms with Gasteiger partial charge < -0.3 is 9.84 Å². The molecule has 19 heavy (non-hydrogen) atoms. The van der Waals surface area contributed by atoms with Crippen molar-refractivity contribution in [2.45, 2.75) is 56.5 Å². The Morgan fingerprint density at radius 3 is 2.21 bits per heavy atom. The van der Waals surface area contributed by atoms with Crippen molar-refractivity contribution in [3.05, 3.63) is 29.8 Å². The Bertz CT molecular complexity index is 453. The molecule has 0 unspecified atom stereocenters. The maximum atomic E-state index is 11.6. The standard InChI is InChI=1S/C16H20O3/c17-15(18)16(10-1-2-11-16)12-6-8-14(9-7-12)19-13-4-3-5-13/h6-9,13H,1-5,10-11H2,(H,17,18). The first-order valence-corrected chi connectivity index (χ1v) is 7.21. The average Bonchev–Trinajstić information content (AvgIpc) is 2.85. The van der Waals surface area contributed by atoms with Gasteiger partial charge in [-0.05, 0) is 49.8 Å². The lowest BCUT2D eigenvalue weighted by molar-refractivity contribution is -0.143. The van der Waals surface area contributed by atoms with Crippen molar-refractivity contribution in [2.75, 3.05) is 0 Å². The molecule has 102 valence electrons. The van der Waals surface area contributed by atoms with Crippen molar-refractivity contribution in [1.29, 1.82) is 0 Å². The van der Waals surface area contributed by atoms with E-state index in [-0.39, 0.29) is 0 Å². The van der Waals surface area contributed by atoms with Gasteiger partial charge in [-0.25, -0.2) is 0 Å². The van der Waals surface area contributed by atoms with Crippen LogP contribution in [0.1, 0.15) is 50.5 Å². The number of carbonyl (C=O) groups is 1. The fourth-order valence-electron chi connectivity index (χ4n) is 3.14. The fourth-order valence-corrected chi connectivity index (χ4v) is 3.14. The number of rotatable bonds is 4. The Balaban J connectivity index is 1.78. The van der Waals surface area contributed by atoms with Crippen LogP contribution in [0.15, 0.2) is 24.3 Å². The third-order valence-corrected chi connectivity index (χ3v) is 4.63. The highest BCUT2D eigenvalue weighted by molar-refractivity contribution is 5.81. The SMILES string of the molecule is O=C(O)C1(c2ccc(OC3CCC3)cc2)CCCC1. The molecule has 1 aromatic rings. The van der Waals surface area contributed by atoms with Crippen LogP contribution in [0.5, 0.6) is 5.75 Å². The summed E-state index contributed by atoms with van der Waals surface area (Å²) in [6.07, 6.45) is 7.42. The summed E-state index contributed by atoms with van der Waals surface area (Å²) in [5.41, 5.74) is 0.271. The van der Waals surface area contributed by atoms with Crippen LogP contribution in [0, 0.1) is 0 Å². The van der Waals surface area contributed by atoms with Crippen molar-refractivity contribution >= 4 is 5.97 Å². The van der Waals surface area contributed by atoms with Gasteiger partial charge in [-0.2, -0.15) is 0 Å². The van der Waals surface area contributed by atoms with Gasteiger partial charge in [0.2, 0.25) is 0 Å². The first kappa shape index (κ1) is 12.5. The number of hydrogen-bond acceptors (Lipinski definition) is 2. The van der Waals surface area contributed by atoms with E-state index in [0.717, 1.165) is 49.8 Å². The van der Waals surface area contributed by atoms with Gasteiger partial charge in [-0.15, -0.1) is 0 Å². The minimum Gasteiger partial charge on any atom is -0.490 e. The lowest BCUT2D eigenvalue weighted by atomic mass is 9.79. The highest BCUT2D eigenvalue weighted by atomic mass is 16.5. The van der Waals surface area contributed by atoms with Gasteiger partial charge in [-0.3, -0.25) is 4.79 Å². The number of aliphatic carboxylic acids is 1. The zero-order valence-electron chi connectivity index (χ0n) is 11.1. The molecule has 2 aliphatic rings.